The van der Waals surface area contributed by atoms with Gasteiger partial charge in [-0.15, -0.1) is 0 Å². The maximum absolute atomic E-state index is 9.00. The van der Waals surface area contributed by atoms with E-state index in [1.165, 1.54) is 5.56 Å². The highest BCUT2D eigenvalue weighted by Crippen LogP contribution is 2.19. The second-order valence-electron chi connectivity index (χ2n) is 4.06. The van der Waals surface area contributed by atoms with Crippen LogP contribution < -0.4 is 5.32 Å². The van der Waals surface area contributed by atoms with Gasteiger partial charge in [-0.3, -0.25) is 0 Å². The van der Waals surface area contributed by atoms with Crippen molar-refractivity contribution in [3.8, 4) is 6.07 Å². The third-order valence-electron chi connectivity index (χ3n) is 2.57. The average Bonchev–Trinajstić information content (AvgIpc) is 2.26. The van der Waals surface area contributed by atoms with Gasteiger partial charge in [0.05, 0.1) is 12.0 Å². The lowest BCUT2D eigenvalue weighted by molar-refractivity contribution is 0.733. The molecule has 15 heavy (non-hydrogen) atoms. The van der Waals surface area contributed by atoms with Gasteiger partial charge in [-0.1, -0.05) is 38.1 Å². The largest absolute Gasteiger partial charge is 0.318 e. The number of nitrogens with one attached hydrogen (secondary N) is 1. The SMILES string of the molecule is CNCC(C#N)c1ccc(C(C)C)cc1. The first-order valence-electron chi connectivity index (χ1n) is 5.33. The van der Waals surface area contributed by atoms with Gasteiger partial charge in [0.25, 0.3) is 0 Å². The van der Waals surface area contributed by atoms with Crippen molar-refractivity contribution in [3.63, 3.8) is 0 Å². The summed E-state index contributed by atoms with van der Waals surface area (Å²) in [6, 6.07) is 10.6. The van der Waals surface area contributed by atoms with Crippen LogP contribution in [-0.4, -0.2) is 13.6 Å². The molecule has 0 aliphatic carbocycles. The van der Waals surface area contributed by atoms with E-state index in [0.717, 1.165) is 5.56 Å². The molecular weight excluding hydrogens is 184 g/mol. The van der Waals surface area contributed by atoms with Crippen LogP contribution in [0.4, 0.5) is 0 Å². The molecule has 0 fully saturated rings. The third-order valence-corrected chi connectivity index (χ3v) is 2.57. The Bertz CT molecular complexity index is 333. The molecule has 2 nitrogen and oxygen atoms in total. The molecule has 0 aliphatic heterocycles. The van der Waals surface area contributed by atoms with Crippen molar-refractivity contribution in [2.75, 3.05) is 13.6 Å². The van der Waals surface area contributed by atoms with Crippen molar-refractivity contribution >= 4 is 0 Å². The summed E-state index contributed by atoms with van der Waals surface area (Å²) in [7, 11) is 1.87. The van der Waals surface area contributed by atoms with E-state index in [4.69, 9.17) is 5.26 Å². The Kier molecular flexibility index (Phi) is 4.33. The molecule has 0 amide bonds. The quantitative estimate of drug-likeness (QED) is 0.814. The molecule has 0 saturated carbocycles. The number of hydrogen-bond donors (Lipinski definition) is 1. The summed E-state index contributed by atoms with van der Waals surface area (Å²) in [4.78, 5) is 0. The van der Waals surface area contributed by atoms with E-state index < -0.39 is 0 Å². The van der Waals surface area contributed by atoms with Gasteiger partial charge in [0.15, 0.2) is 0 Å². The van der Waals surface area contributed by atoms with E-state index in [0.29, 0.717) is 12.5 Å². The van der Waals surface area contributed by atoms with Crippen LogP contribution in [0.15, 0.2) is 24.3 Å². The molecule has 2 heteroatoms. The number of nitriles is 1. The molecule has 80 valence electrons. The van der Waals surface area contributed by atoms with Gasteiger partial charge in [-0.2, -0.15) is 5.26 Å². The van der Waals surface area contributed by atoms with Crippen LogP contribution in [0.5, 0.6) is 0 Å². The molecule has 0 aliphatic rings. The van der Waals surface area contributed by atoms with Crippen LogP contribution in [0.3, 0.4) is 0 Å². The second kappa shape index (κ2) is 5.53. The molecule has 0 radical (unpaired) electrons. The van der Waals surface area contributed by atoms with Crippen LogP contribution >= 0.6 is 0 Å². The summed E-state index contributed by atoms with van der Waals surface area (Å²) >= 11 is 0. The fourth-order valence-corrected chi connectivity index (χ4v) is 1.56. The topological polar surface area (TPSA) is 35.8 Å². The first-order valence-corrected chi connectivity index (χ1v) is 5.33. The molecule has 1 unspecified atom stereocenters. The highest BCUT2D eigenvalue weighted by molar-refractivity contribution is 5.30. The molecule has 1 N–H and O–H groups in total. The molecule has 0 bridgehead atoms. The van der Waals surface area contributed by atoms with Gasteiger partial charge in [0.2, 0.25) is 0 Å². The van der Waals surface area contributed by atoms with Gasteiger partial charge < -0.3 is 5.32 Å². The second-order valence-corrected chi connectivity index (χ2v) is 4.06. The predicted molar refractivity (Wildman–Crippen MR) is 62.8 cm³/mol. The average molecular weight is 202 g/mol. The smallest absolute Gasteiger partial charge is 0.0837 e. The predicted octanol–water partition coefficient (Wildman–Crippen LogP) is 2.64. The van der Waals surface area contributed by atoms with Gasteiger partial charge in [-0.05, 0) is 24.1 Å². The van der Waals surface area contributed by atoms with Crippen LogP contribution in [0, 0.1) is 11.3 Å². The first-order chi connectivity index (χ1) is 7.19. The van der Waals surface area contributed by atoms with Crippen LogP contribution in [-0.2, 0) is 0 Å². The molecule has 0 aromatic heterocycles. The Morgan fingerprint density at radius 1 is 1.20 bits per heavy atom. The Hall–Kier alpha value is -1.33. The number of nitrogens with zero attached hydrogens (tertiary/aromatic N) is 1. The lowest BCUT2D eigenvalue weighted by Gasteiger charge is -2.10. The van der Waals surface area contributed by atoms with Gasteiger partial charge in [-0.25, -0.2) is 0 Å². The molecule has 0 heterocycles. The molecule has 0 spiro atoms. The zero-order valence-corrected chi connectivity index (χ0v) is 9.62. The number of rotatable bonds is 4. The zero-order valence-electron chi connectivity index (χ0n) is 9.62. The molecule has 1 aromatic carbocycles. The number of benzene rings is 1. The van der Waals surface area contributed by atoms with Gasteiger partial charge in [0.1, 0.15) is 0 Å². The van der Waals surface area contributed by atoms with Gasteiger partial charge >= 0.3 is 0 Å². The van der Waals surface area contributed by atoms with Crippen LogP contribution in [0.1, 0.15) is 36.8 Å². The fraction of sp³-hybridized carbons (Fsp3) is 0.462. The maximum Gasteiger partial charge on any atom is 0.0837 e. The molecule has 1 atom stereocenters. The summed E-state index contributed by atoms with van der Waals surface area (Å²) < 4.78 is 0. The molecule has 0 saturated heterocycles. The van der Waals surface area contributed by atoms with E-state index in [1.54, 1.807) is 0 Å². The van der Waals surface area contributed by atoms with E-state index in [-0.39, 0.29) is 5.92 Å². The lowest BCUT2D eigenvalue weighted by Crippen LogP contribution is -2.15. The van der Waals surface area contributed by atoms with Crippen molar-refractivity contribution in [2.24, 2.45) is 0 Å². The van der Waals surface area contributed by atoms with Crippen molar-refractivity contribution in [2.45, 2.75) is 25.7 Å². The molecule has 1 rings (SSSR count). The normalized spacial score (nSPS) is 12.5. The number of hydrogen-bond acceptors (Lipinski definition) is 2. The molecular formula is C13H18N2. The monoisotopic (exact) mass is 202 g/mol. The summed E-state index contributed by atoms with van der Waals surface area (Å²) in [5.41, 5.74) is 2.41. The number of likely N-dealkylation sites (N-methyl/N-ethyl adjacent to an activating group) is 1. The van der Waals surface area contributed by atoms with Crippen molar-refractivity contribution < 1.29 is 0 Å². The summed E-state index contributed by atoms with van der Waals surface area (Å²) in [6.07, 6.45) is 0. The van der Waals surface area contributed by atoms with E-state index >= 15 is 0 Å². The highest BCUT2D eigenvalue weighted by atomic mass is 14.8. The minimum absolute atomic E-state index is 0.0452. The highest BCUT2D eigenvalue weighted by Gasteiger charge is 2.09. The van der Waals surface area contributed by atoms with Crippen LogP contribution in [0.25, 0.3) is 0 Å². The first kappa shape index (κ1) is 11.7. The Labute approximate surface area is 91.9 Å². The van der Waals surface area contributed by atoms with Crippen molar-refractivity contribution in [3.05, 3.63) is 35.4 Å². The van der Waals surface area contributed by atoms with Crippen molar-refractivity contribution in [1.82, 2.24) is 5.32 Å². The third kappa shape index (κ3) is 3.07. The lowest BCUT2D eigenvalue weighted by atomic mass is 9.96. The Morgan fingerprint density at radius 2 is 1.73 bits per heavy atom. The fourth-order valence-electron chi connectivity index (χ4n) is 1.56. The standard InChI is InChI=1S/C13H18N2/c1-10(2)11-4-6-12(7-5-11)13(8-14)9-15-3/h4-7,10,13,15H,9H2,1-3H3. The van der Waals surface area contributed by atoms with E-state index in [2.05, 4.69) is 49.5 Å². The van der Waals surface area contributed by atoms with Gasteiger partial charge in [0, 0.05) is 6.54 Å². The van der Waals surface area contributed by atoms with Crippen molar-refractivity contribution in [1.29, 1.82) is 5.26 Å². The van der Waals surface area contributed by atoms with Crippen LogP contribution in [0.2, 0.25) is 0 Å². The molecule has 1 aromatic rings. The maximum atomic E-state index is 9.00. The summed E-state index contributed by atoms with van der Waals surface area (Å²) in [5, 5.41) is 12.0. The Morgan fingerprint density at radius 3 is 2.13 bits per heavy atom. The minimum Gasteiger partial charge on any atom is -0.318 e. The van der Waals surface area contributed by atoms with E-state index in [1.807, 2.05) is 7.05 Å². The minimum atomic E-state index is -0.0452. The zero-order chi connectivity index (χ0) is 11.3. The summed E-state index contributed by atoms with van der Waals surface area (Å²) in [5.74, 6) is 0.500. The Balaban J connectivity index is 2.83. The van der Waals surface area contributed by atoms with E-state index in [9.17, 15) is 0 Å². The summed E-state index contributed by atoms with van der Waals surface area (Å²) in [6.45, 7) is 5.05.